The monoisotopic (exact) mass is 476 g/mol. The second-order valence-corrected chi connectivity index (χ2v) is 7.57. The summed E-state index contributed by atoms with van der Waals surface area (Å²) in [6.45, 7) is 3.16. The van der Waals surface area contributed by atoms with E-state index in [4.69, 9.17) is 0 Å². The van der Waals surface area contributed by atoms with Gasteiger partial charge in [-0.05, 0) is 18.1 Å². The van der Waals surface area contributed by atoms with Crippen molar-refractivity contribution in [1.29, 1.82) is 0 Å². The molecule has 0 aliphatic carbocycles. The summed E-state index contributed by atoms with van der Waals surface area (Å²) in [6.07, 6.45) is -7.80. The van der Waals surface area contributed by atoms with Gasteiger partial charge in [-0.15, -0.1) is 0 Å². The van der Waals surface area contributed by atoms with Crippen LogP contribution >= 0.6 is 0 Å². The molecule has 0 bridgehead atoms. The van der Waals surface area contributed by atoms with Gasteiger partial charge in [-0.25, -0.2) is 19.7 Å². The number of aromatic nitrogens is 3. The number of urea groups is 1. The first-order valence-corrected chi connectivity index (χ1v) is 9.58. The zero-order valence-corrected chi connectivity index (χ0v) is 17.3. The van der Waals surface area contributed by atoms with E-state index in [1.807, 2.05) is 0 Å². The lowest BCUT2D eigenvalue weighted by atomic mass is 10.0. The van der Waals surface area contributed by atoms with Gasteiger partial charge in [-0.2, -0.15) is 26.3 Å². The van der Waals surface area contributed by atoms with Crippen molar-refractivity contribution in [2.24, 2.45) is 5.92 Å². The van der Waals surface area contributed by atoms with Gasteiger partial charge in [0.05, 0.1) is 17.9 Å². The van der Waals surface area contributed by atoms with Crippen molar-refractivity contribution < 1.29 is 35.9 Å². The van der Waals surface area contributed by atoms with E-state index in [0.29, 0.717) is 12.4 Å². The lowest BCUT2D eigenvalue weighted by Crippen LogP contribution is -2.42. The highest BCUT2D eigenvalue weighted by Gasteiger charge is 2.41. The Morgan fingerprint density at radius 1 is 1.09 bits per heavy atom. The number of carbonyl (C=O) groups excluding carboxylic acids is 2. The minimum Gasteiger partial charge on any atom is -0.310 e. The predicted molar refractivity (Wildman–Crippen MR) is 103 cm³/mol. The van der Waals surface area contributed by atoms with Gasteiger partial charge in [-0.3, -0.25) is 9.69 Å². The van der Waals surface area contributed by atoms with Gasteiger partial charge in [0.15, 0.2) is 0 Å². The van der Waals surface area contributed by atoms with Gasteiger partial charge >= 0.3 is 18.4 Å². The van der Waals surface area contributed by atoms with E-state index in [1.165, 1.54) is 9.80 Å². The molecule has 3 heterocycles. The summed E-state index contributed by atoms with van der Waals surface area (Å²) in [5, 5.41) is 2.20. The molecule has 3 amide bonds. The molecule has 0 radical (unpaired) electrons. The van der Waals surface area contributed by atoms with Crippen LogP contribution in [0.4, 0.5) is 42.6 Å². The Morgan fingerprint density at radius 2 is 1.76 bits per heavy atom. The van der Waals surface area contributed by atoms with E-state index in [-0.39, 0.29) is 24.0 Å². The van der Waals surface area contributed by atoms with E-state index in [0.717, 1.165) is 18.3 Å². The Morgan fingerprint density at radius 3 is 2.30 bits per heavy atom. The number of nitrogens with zero attached hydrogens (tertiary/aromatic N) is 5. The standard InChI is InChI=1S/C19H18F6N6O2/c1-10(2)12-7-30(11-3-4-13(26-6-11)18(20,21)22)17(33)31(12)8-16(32)29-15-5-14(19(23,24)25)27-9-28-15/h3-6,9-10,12H,7-8H2,1-2H3,(H,27,28,29,32)/t12-/m1/s1. The van der Waals surface area contributed by atoms with Crippen LogP contribution in [0.15, 0.2) is 30.7 Å². The minimum absolute atomic E-state index is 0.0859. The number of halogens is 6. The first-order valence-electron chi connectivity index (χ1n) is 9.58. The van der Waals surface area contributed by atoms with Gasteiger partial charge < -0.3 is 10.2 Å². The summed E-state index contributed by atoms with van der Waals surface area (Å²) in [6, 6.07) is 1.28. The van der Waals surface area contributed by atoms with Crippen molar-refractivity contribution in [1.82, 2.24) is 19.9 Å². The van der Waals surface area contributed by atoms with Gasteiger partial charge in [0.1, 0.15) is 30.1 Å². The zero-order valence-electron chi connectivity index (χ0n) is 17.3. The molecule has 2 aromatic heterocycles. The normalized spacial score (nSPS) is 17.1. The lowest BCUT2D eigenvalue weighted by molar-refractivity contribution is -0.142. The lowest BCUT2D eigenvalue weighted by Gasteiger charge is -2.25. The van der Waals surface area contributed by atoms with Crippen molar-refractivity contribution in [2.75, 3.05) is 23.3 Å². The summed E-state index contributed by atoms with van der Waals surface area (Å²) in [7, 11) is 0. The fourth-order valence-electron chi connectivity index (χ4n) is 3.26. The molecule has 14 heteroatoms. The average molecular weight is 476 g/mol. The third-order valence-electron chi connectivity index (χ3n) is 4.91. The molecule has 0 saturated carbocycles. The molecule has 178 valence electrons. The number of amides is 3. The van der Waals surface area contributed by atoms with Crippen LogP contribution in [0, 0.1) is 5.92 Å². The molecule has 8 nitrogen and oxygen atoms in total. The smallest absolute Gasteiger partial charge is 0.310 e. The highest BCUT2D eigenvalue weighted by molar-refractivity contribution is 5.99. The number of hydrogen-bond acceptors (Lipinski definition) is 5. The largest absolute Gasteiger partial charge is 0.433 e. The summed E-state index contributed by atoms with van der Waals surface area (Å²) >= 11 is 0. The van der Waals surface area contributed by atoms with E-state index in [1.54, 1.807) is 13.8 Å². The first-order chi connectivity index (χ1) is 15.3. The number of anilines is 2. The quantitative estimate of drug-likeness (QED) is 0.663. The van der Waals surface area contributed by atoms with Gasteiger partial charge in [0.2, 0.25) is 5.91 Å². The molecule has 1 N–H and O–H groups in total. The van der Waals surface area contributed by atoms with E-state index in [2.05, 4.69) is 20.3 Å². The number of hydrogen-bond donors (Lipinski definition) is 1. The van der Waals surface area contributed by atoms with Gasteiger partial charge in [0.25, 0.3) is 0 Å². The number of carbonyl (C=O) groups is 2. The van der Waals surface area contributed by atoms with Gasteiger partial charge in [-0.1, -0.05) is 13.8 Å². The van der Waals surface area contributed by atoms with E-state index < -0.39 is 48.3 Å². The summed E-state index contributed by atoms with van der Waals surface area (Å²) in [5.74, 6) is -1.32. The van der Waals surface area contributed by atoms with Crippen LogP contribution in [0.25, 0.3) is 0 Å². The maximum atomic E-state index is 12.9. The Hall–Kier alpha value is -3.45. The summed E-state index contributed by atoms with van der Waals surface area (Å²) in [4.78, 5) is 37.8. The minimum atomic E-state index is -4.73. The molecule has 0 aromatic carbocycles. The van der Waals surface area contributed by atoms with E-state index in [9.17, 15) is 35.9 Å². The van der Waals surface area contributed by atoms with Crippen molar-refractivity contribution >= 4 is 23.4 Å². The number of pyridine rings is 1. The Balaban J connectivity index is 1.75. The molecule has 0 spiro atoms. The van der Waals surface area contributed by atoms with Crippen molar-refractivity contribution in [3.05, 3.63) is 42.1 Å². The second kappa shape index (κ2) is 8.83. The topological polar surface area (TPSA) is 91.3 Å². The molecule has 1 aliphatic heterocycles. The summed E-state index contributed by atoms with van der Waals surface area (Å²) in [5.41, 5.74) is -2.24. The number of nitrogens with one attached hydrogen (secondary N) is 1. The molecule has 1 fully saturated rings. The molecular formula is C19H18F6N6O2. The van der Waals surface area contributed by atoms with E-state index >= 15 is 0 Å². The number of alkyl halides is 6. The van der Waals surface area contributed by atoms with Crippen molar-refractivity contribution in [3.63, 3.8) is 0 Å². The second-order valence-electron chi connectivity index (χ2n) is 7.57. The van der Waals surface area contributed by atoms with Crippen LogP contribution in [-0.2, 0) is 17.1 Å². The summed E-state index contributed by atoms with van der Waals surface area (Å²) < 4.78 is 76.6. The Bertz CT molecular complexity index is 1020. The van der Waals surface area contributed by atoms with Crippen LogP contribution < -0.4 is 10.2 Å². The molecule has 0 unspecified atom stereocenters. The van der Waals surface area contributed by atoms with Crippen LogP contribution in [0.1, 0.15) is 25.2 Å². The van der Waals surface area contributed by atoms with Crippen LogP contribution in [0.3, 0.4) is 0 Å². The van der Waals surface area contributed by atoms with Gasteiger partial charge in [0, 0.05) is 12.6 Å². The zero-order chi connectivity index (χ0) is 24.6. The highest BCUT2D eigenvalue weighted by atomic mass is 19.4. The van der Waals surface area contributed by atoms with Crippen molar-refractivity contribution in [3.8, 4) is 0 Å². The third kappa shape index (κ3) is 5.49. The predicted octanol–water partition coefficient (Wildman–Crippen LogP) is 3.81. The van der Waals surface area contributed by atoms with Crippen LogP contribution in [0.5, 0.6) is 0 Å². The maximum absolute atomic E-state index is 12.9. The van der Waals surface area contributed by atoms with Crippen molar-refractivity contribution in [2.45, 2.75) is 32.2 Å². The Kier molecular flexibility index (Phi) is 6.47. The fourth-order valence-corrected chi connectivity index (χ4v) is 3.26. The highest BCUT2D eigenvalue weighted by Crippen LogP contribution is 2.31. The fraction of sp³-hybridized carbons (Fsp3) is 0.421. The SMILES string of the molecule is CC(C)[C@H]1CN(c2ccc(C(F)(F)F)nc2)C(=O)N1CC(=O)Nc1cc(C(F)(F)F)ncn1. The molecule has 33 heavy (non-hydrogen) atoms. The molecule has 1 atom stereocenters. The Labute approximate surface area is 183 Å². The van der Waals surface area contributed by atoms with Crippen LogP contribution in [0.2, 0.25) is 0 Å². The number of rotatable bonds is 5. The molecule has 3 rings (SSSR count). The first kappa shape index (κ1) is 24.2. The average Bonchev–Trinajstić information content (AvgIpc) is 3.03. The molecule has 1 saturated heterocycles. The molecule has 2 aromatic rings. The third-order valence-corrected chi connectivity index (χ3v) is 4.91. The molecule has 1 aliphatic rings. The van der Waals surface area contributed by atoms with Crippen LogP contribution in [-0.4, -0.2) is 50.9 Å². The maximum Gasteiger partial charge on any atom is 0.433 e. The molecular weight excluding hydrogens is 458 g/mol.